The van der Waals surface area contributed by atoms with E-state index < -0.39 is 0 Å². The maximum atomic E-state index is 6.04. The normalized spacial score (nSPS) is 11.1. The monoisotopic (exact) mass is 369 g/mol. The predicted molar refractivity (Wildman–Crippen MR) is 95.3 cm³/mol. The Labute approximate surface area is 148 Å². The van der Waals surface area contributed by atoms with E-state index in [2.05, 4.69) is 19.9 Å². The third kappa shape index (κ3) is 3.37. The van der Waals surface area contributed by atoms with E-state index in [9.17, 15) is 0 Å². The van der Waals surface area contributed by atoms with E-state index in [-0.39, 0.29) is 0 Å². The van der Waals surface area contributed by atoms with Gasteiger partial charge < -0.3 is 4.90 Å². The van der Waals surface area contributed by atoms with Gasteiger partial charge in [-0.3, -0.25) is 4.57 Å². The Morgan fingerprint density at radius 1 is 0.957 bits per heavy atom. The van der Waals surface area contributed by atoms with Gasteiger partial charge in [0.25, 0.3) is 0 Å². The van der Waals surface area contributed by atoms with Gasteiger partial charge in [0.15, 0.2) is 10.8 Å². The van der Waals surface area contributed by atoms with Crippen molar-refractivity contribution in [3.63, 3.8) is 0 Å². The minimum absolute atomic E-state index is 0.348. The fraction of sp³-hybridized carbons (Fsp3) is 0.267. The fourth-order valence-corrected chi connectivity index (χ4v) is 2.98. The lowest BCUT2D eigenvalue weighted by molar-refractivity contribution is 0.873. The minimum Gasteiger partial charge on any atom is -0.369 e. The van der Waals surface area contributed by atoms with Gasteiger partial charge in [-0.1, -0.05) is 11.6 Å². The molecule has 120 valence electrons. The summed E-state index contributed by atoms with van der Waals surface area (Å²) in [4.78, 5) is 14.6. The van der Waals surface area contributed by atoms with Crippen molar-refractivity contribution in [1.29, 1.82) is 0 Å². The first-order valence-electron chi connectivity index (χ1n) is 7.05. The summed E-state index contributed by atoms with van der Waals surface area (Å²) in [5.74, 6) is 1.11. The number of hydrogen-bond donors (Lipinski definition) is 0. The molecular formula is C15H14Cl3N5. The molecule has 0 amide bonds. The van der Waals surface area contributed by atoms with Crippen molar-refractivity contribution in [3.05, 3.63) is 42.1 Å². The van der Waals surface area contributed by atoms with Crippen LogP contribution in [-0.2, 0) is 0 Å². The standard InChI is InChI=1S/C15H14Cl3N5/c16-5-7-22(8-6-17)11-1-3-12(4-2-11)23-10-21-13-14(18)19-9-20-15(13)23/h1-4,9-10H,5-8H2. The molecule has 0 saturated carbocycles. The smallest absolute Gasteiger partial charge is 0.169 e. The summed E-state index contributed by atoms with van der Waals surface area (Å²) in [6, 6.07) is 8.07. The van der Waals surface area contributed by atoms with Gasteiger partial charge in [-0.2, -0.15) is 0 Å². The summed E-state index contributed by atoms with van der Waals surface area (Å²) in [6.45, 7) is 1.51. The van der Waals surface area contributed by atoms with Crippen LogP contribution in [0.5, 0.6) is 0 Å². The number of imidazole rings is 1. The number of rotatable bonds is 6. The molecule has 0 atom stereocenters. The second-order valence-corrected chi connectivity index (χ2v) is 5.95. The van der Waals surface area contributed by atoms with Crippen LogP contribution in [0.4, 0.5) is 5.69 Å². The molecule has 2 heterocycles. The van der Waals surface area contributed by atoms with Gasteiger partial charge in [0.1, 0.15) is 18.2 Å². The van der Waals surface area contributed by atoms with Crippen molar-refractivity contribution >= 4 is 51.7 Å². The summed E-state index contributed by atoms with van der Waals surface area (Å²) < 4.78 is 1.88. The second-order valence-electron chi connectivity index (χ2n) is 4.83. The summed E-state index contributed by atoms with van der Waals surface area (Å²) in [5.41, 5.74) is 3.29. The quantitative estimate of drug-likeness (QED) is 0.490. The zero-order valence-corrected chi connectivity index (χ0v) is 14.4. The van der Waals surface area contributed by atoms with Gasteiger partial charge in [-0.05, 0) is 24.3 Å². The lowest BCUT2D eigenvalue weighted by Gasteiger charge is -2.23. The molecule has 0 fully saturated rings. The summed E-state index contributed by atoms with van der Waals surface area (Å²) in [7, 11) is 0. The summed E-state index contributed by atoms with van der Waals surface area (Å²) in [5, 5.41) is 0.348. The Bertz CT molecular complexity index is 781. The van der Waals surface area contributed by atoms with Crippen molar-refractivity contribution in [2.45, 2.75) is 0 Å². The average molecular weight is 371 g/mol. The van der Waals surface area contributed by atoms with Crippen molar-refractivity contribution in [2.24, 2.45) is 0 Å². The highest BCUT2D eigenvalue weighted by molar-refractivity contribution is 6.33. The van der Waals surface area contributed by atoms with Crippen LogP contribution in [0.1, 0.15) is 0 Å². The van der Waals surface area contributed by atoms with Gasteiger partial charge in [0.05, 0.1) is 0 Å². The SMILES string of the molecule is ClCCN(CCCl)c1ccc(-n2cnc3c(Cl)ncnc32)cc1. The van der Waals surface area contributed by atoms with Crippen LogP contribution in [0.15, 0.2) is 36.9 Å². The minimum atomic E-state index is 0.348. The third-order valence-electron chi connectivity index (χ3n) is 3.49. The highest BCUT2D eigenvalue weighted by Gasteiger charge is 2.10. The molecule has 0 radical (unpaired) electrons. The number of hydrogen-bond acceptors (Lipinski definition) is 4. The van der Waals surface area contributed by atoms with Crippen LogP contribution in [0.3, 0.4) is 0 Å². The molecule has 0 aliphatic heterocycles. The van der Waals surface area contributed by atoms with Crippen molar-refractivity contribution in [3.8, 4) is 5.69 Å². The summed E-state index contributed by atoms with van der Waals surface area (Å²) in [6.07, 6.45) is 3.12. The first-order chi connectivity index (χ1) is 11.2. The van der Waals surface area contributed by atoms with E-state index in [1.165, 1.54) is 6.33 Å². The number of anilines is 1. The lowest BCUT2D eigenvalue weighted by atomic mass is 10.2. The van der Waals surface area contributed by atoms with Gasteiger partial charge in [0, 0.05) is 36.2 Å². The fourth-order valence-electron chi connectivity index (χ4n) is 2.39. The molecule has 0 N–H and O–H groups in total. The largest absolute Gasteiger partial charge is 0.369 e. The van der Waals surface area contributed by atoms with E-state index in [0.717, 1.165) is 24.5 Å². The van der Waals surface area contributed by atoms with E-state index in [1.807, 2.05) is 28.8 Å². The van der Waals surface area contributed by atoms with E-state index >= 15 is 0 Å². The van der Waals surface area contributed by atoms with Gasteiger partial charge >= 0.3 is 0 Å². The predicted octanol–water partition coefficient (Wildman–Crippen LogP) is 3.75. The molecule has 3 aromatic rings. The average Bonchev–Trinajstić information content (AvgIpc) is 3.00. The maximum absolute atomic E-state index is 6.04. The Balaban J connectivity index is 1.93. The number of alkyl halides is 2. The third-order valence-corrected chi connectivity index (χ3v) is 4.11. The maximum Gasteiger partial charge on any atom is 0.169 e. The van der Waals surface area contributed by atoms with E-state index in [1.54, 1.807) is 6.33 Å². The van der Waals surface area contributed by atoms with Gasteiger partial charge in [0.2, 0.25) is 0 Å². The molecule has 0 aliphatic rings. The Morgan fingerprint density at radius 2 is 1.65 bits per heavy atom. The van der Waals surface area contributed by atoms with Crippen LogP contribution < -0.4 is 4.90 Å². The molecule has 2 aromatic heterocycles. The number of benzene rings is 1. The zero-order valence-electron chi connectivity index (χ0n) is 12.2. The molecule has 3 rings (SSSR count). The summed E-state index contributed by atoms with van der Waals surface area (Å²) >= 11 is 17.7. The van der Waals surface area contributed by atoms with Crippen LogP contribution >= 0.6 is 34.8 Å². The van der Waals surface area contributed by atoms with Crippen molar-refractivity contribution < 1.29 is 0 Å². The Hall–Kier alpha value is -1.56. The Kier molecular flexibility index (Phi) is 5.20. The van der Waals surface area contributed by atoms with Gasteiger partial charge in [-0.15, -0.1) is 23.2 Å². The lowest BCUT2D eigenvalue weighted by Crippen LogP contribution is -2.27. The molecule has 8 heteroatoms. The van der Waals surface area contributed by atoms with Crippen LogP contribution in [0, 0.1) is 0 Å². The molecule has 0 aliphatic carbocycles. The molecule has 5 nitrogen and oxygen atoms in total. The van der Waals surface area contributed by atoms with E-state index in [4.69, 9.17) is 34.8 Å². The van der Waals surface area contributed by atoms with E-state index in [0.29, 0.717) is 28.1 Å². The topological polar surface area (TPSA) is 46.8 Å². The van der Waals surface area contributed by atoms with Crippen molar-refractivity contribution in [2.75, 3.05) is 29.7 Å². The molecule has 0 saturated heterocycles. The number of fused-ring (bicyclic) bond motifs is 1. The molecule has 1 aromatic carbocycles. The first-order valence-corrected chi connectivity index (χ1v) is 8.50. The molecule has 0 unspecified atom stereocenters. The number of nitrogens with zero attached hydrogens (tertiary/aromatic N) is 5. The van der Waals surface area contributed by atoms with Crippen molar-refractivity contribution in [1.82, 2.24) is 19.5 Å². The number of halogens is 3. The van der Waals surface area contributed by atoms with Gasteiger partial charge in [-0.25, -0.2) is 15.0 Å². The molecule has 0 spiro atoms. The Morgan fingerprint density at radius 3 is 2.30 bits per heavy atom. The van der Waals surface area contributed by atoms with Crippen LogP contribution in [-0.4, -0.2) is 44.4 Å². The molecule has 0 bridgehead atoms. The zero-order chi connectivity index (χ0) is 16.2. The first kappa shape index (κ1) is 16.3. The molecule has 23 heavy (non-hydrogen) atoms. The second kappa shape index (κ2) is 7.34. The highest BCUT2D eigenvalue weighted by atomic mass is 35.5. The highest BCUT2D eigenvalue weighted by Crippen LogP contribution is 2.23. The number of aromatic nitrogens is 4. The van der Waals surface area contributed by atoms with Crippen LogP contribution in [0.25, 0.3) is 16.9 Å². The van der Waals surface area contributed by atoms with Crippen LogP contribution in [0.2, 0.25) is 5.15 Å². The molecular weight excluding hydrogens is 357 g/mol.